The van der Waals surface area contributed by atoms with E-state index in [-0.39, 0.29) is 24.8 Å². The van der Waals surface area contributed by atoms with Crippen LogP contribution in [-0.2, 0) is 33.4 Å². The summed E-state index contributed by atoms with van der Waals surface area (Å²) in [6, 6.07) is 0. The van der Waals surface area contributed by atoms with E-state index in [4.69, 9.17) is 29.9 Å². The number of ether oxygens (including phenoxy) is 2. The van der Waals surface area contributed by atoms with Crippen molar-refractivity contribution in [1.82, 2.24) is 9.80 Å². The van der Waals surface area contributed by atoms with Gasteiger partial charge in [0.2, 0.25) is 0 Å². The third kappa shape index (κ3) is 18.3. The number of aliphatic carboxylic acids is 3. The molecule has 0 aliphatic heterocycles. The van der Waals surface area contributed by atoms with E-state index in [2.05, 4.69) is 37.5 Å². The average Bonchev–Trinajstić information content (AvgIpc) is 2.77. The third-order valence-corrected chi connectivity index (χ3v) is 4.95. The molecule has 0 bridgehead atoms. The number of carbonyl (C=O) groups is 5. The minimum absolute atomic E-state index is 0.0857. The maximum atomic E-state index is 11.5. The predicted molar refractivity (Wildman–Crippen MR) is 124 cm³/mol. The monoisotopic (exact) mass is 508 g/mol. The maximum absolute atomic E-state index is 11.5. The first-order valence-corrected chi connectivity index (χ1v) is 11.5. The van der Waals surface area contributed by atoms with Crippen LogP contribution in [0.3, 0.4) is 0 Å². The van der Waals surface area contributed by atoms with Gasteiger partial charge in [0.25, 0.3) is 0 Å². The molecule has 0 unspecified atom stereocenters. The molecule has 0 saturated heterocycles. The first-order chi connectivity index (χ1) is 16.3. The molecule has 0 aromatic carbocycles. The summed E-state index contributed by atoms with van der Waals surface area (Å²) in [4.78, 5) is 57.9. The molecule has 0 rings (SSSR count). The Bertz CT molecular complexity index is 616. The zero-order valence-electron chi connectivity index (χ0n) is 21.0. The molecule has 0 radical (unpaired) electrons. The molecule has 4 N–H and O–H groups in total. The fourth-order valence-corrected chi connectivity index (χ4v) is 2.72. The fourth-order valence-electron chi connectivity index (χ4n) is 2.72. The molecule has 0 aliphatic rings. The molecular weight excluding hydrogens is 468 g/mol. The highest BCUT2D eigenvalue weighted by atomic mass is 16.5. The van der Waals surface area contributed by atoms with Gasteiger partial charge in [0.1, 0.15) is 13.2 Å². The number of carbonyl (C=O) groups excluding carboxylic acids is 2. The van der Waals surface area contributed by atoms with E-state index < -0.39 is 36.4 Å². The van der Waals surface area contributed by atoms with Crippen LogP contribution < -0.4 is 0 Å². The van der Waals surface area contributed by atoms with Crippen molar-refractivity contribution in [3.8, 4) is 0 Å². The van der Waals surface area contributed by atoms with Crippen LogP contribution in [0.25, 0.3) is 0 Å². The van der Waals surface area contributed by atoms with E-state index in [1.165, 1.54) is 0 Å². The lowest BCUT2D eigenvalue weighted by atomic mass is 9.96. The van der Waals surface area contributed by atoms with E-state index in [0.717, 1.165) is 39.3 Å². The number of aliphatic hydroxyl groups is 1. The van der Waals surface area contributed by atoms with Gasteiger partial charge in [0, 0.05) is 13.1 Å². The van der Waals surface area contributed by atoms with Crippen LogP contribution >= 0.6 is 0 Å². The van der Waals surface area contributed by atoms with Gasteiger partial charge in [-0.2, -0.15) is 0 Å². The highest BCUT2D eigenvalue weighted by Gasteiger charge is 2.40. The second-order valence-corrected chi connectivity index (χ2v) is 7.47. The molecule has 13 nitrogen and oxygen atoms in total. The number of rotatable bonds is 18. The van der Waals surface area contributed by atoms with Crippen molar-refractivity contribution in [3.05, 3.63) is 0 Å². The molecule has 35 heavy (non-hydrogen) atoms. The van der Waals surface area contributed by atoms with Gasteiger partial charge in [-0.15, -0.1) is 0 Å². The van der Waals surface area contributed by atoms with Gasteiger partial charge in [-0.1, -0.05) is 27.7 Å². The Labute approximate surface area is 205 Å². The smallest absolute Gasteiger partial charge is 0.336 e. The molecule has 0 amide bonds. The van der Waals surface area contributed by atoms with Gasteiger partial charge in [-0.25, -0.2) is 4.79 Å². The van der Waals surface area contributed by atoms with Crippen molar-refractivity contribution in [2.45, 2.75) is 59.0 Å². The summed E-state index contributed by atoms with van der Waals surface area (Å²) in [6.45, 7) is 14.2. The Hall–Kier alpha value is -2.77. The lowest BCUT2D eigenvalue weighted by Crippen LogP contribution is -2.42. The minimum Gasteiger partial charge on any atom is -0.481 e. The van der Waals surface area contributed by atoms with Gasteiger partial charge in [-0.3, -0.25) is 19.2 Å². The Morgan fingerprint density at radius 3 is 1.20 bits per heavy atom. The summed E-state index contributed by atoms with van der Waals surface area (Å²) >= 11 is 0. The standard InChI is InChI=1S/C16H32N2O4.C6H8O7/c1-5-17(6-2)11-13-21-15(19)9-10-16(20)22-14-12-18(7-3)8-4;7-3(8)1-6(13,5(11)12)2-4(9)10/h5-14H2,1-4H3;13H,1-2H2,(H,7,8)(H,9,10)(H,11,12). The molecule has 204 valence electrons. The lowest BCUT2D eigenvalue weighted by molar-refractivity contribution is -0.170. The molecule has 0 saturated carbocycles. The van der Waals surface area contributed by atoms with E-state index in [0.29, 0.717) is 13.2 Å². The number of carboxylic acids is 3. The van der Waals surface area contributed by atoms with E-state index in [9.17, 15) is 24.0 Å². The first-order valence-electron chi connectivity index (χ1n) is 11.5. The maximum Gasteiger partial charge on any atom is 0.336 e. The van der Waals surface area contributed by atoms with E-state index in [1.807, 2.05) is 0 Å². The minimum atomic E-state index is -2.74. The molecule has 0 atom stereocenters. The average molecular weight is 509 g/mol. The molecule has 0 aromatic heterocycles. The molecule has 13 heteroatoms. The summed E-state index contributed by atoms with van der Waals surface area (Å²) in [5.41, 5.74) is -2.74. The van der Waals surface area contributed by atoms with Crippen LogP contribution in [-0.4, -0.2) is 118 Å². The van der Waals surface area contributed by atoms with Crippen LogP contribution in [0.4, 0.5) is 0 Å². The summed E-state index contributed by atoms with van der Waals surface area (Å²) in [5, 5.41) is 33.8. The van der Waals surface area contributed by atoms with Crippen LogP contribution in [0, 0.1) is 0 Å². The highest BCUT2D eigenvalue weighted by molar-refractivity contribution is 5.88. The lowest BCUT2D eigenvalue weighted by Gasteiger charge is -2.18. The van der Waals surface area contributed by atoms with Crippen LogP contribution in [0.2, 0.25) is 0 Å². The highest BCUT2D eigenvalue weighted by Crippen LogP contribution is 2.15. The van der Waals surface area contributed by atoms with Crippen LogP contribution in [0.1, 0.15) is 53.4 Å². The van der Waals surface area contributed by atoms with Crippen molar-refractivity contribution in [1.29, 1.82) is 0 Å². The number of carboxylic acid groups (broad SMARTS) is 3. The Balaban J connectivity index is 0. The molecule has 0 fully saturated rings. The Morgan fingerprint density at radius 2 is 0.971 bits per heavy atom. The van der Waals surface area contributed by atoms with Crippen molar-refractivity contribution in [2.75, 3.05) is 52.5 Å². The zero-order valence-corrected chi connectivity index (χ0v) is 21.0. The predicted octanol–water partition coefficient (Wildman–Crippen LogP) is 0.288. The SMILES string of the molecule is CCN(CC)CCOC(=O)CCC(=O)OCCN(CC)CC.O=C(O)CC(O)(CC(=O)O)C(=O)O. The number of esters is 2. The van der Waals surface area contributed by atoms with Gasteiger partial charge < -0.3 is 39.7 Å². The van der Waals surface area contributed by atoms with Gasteiger partial charge in [0.15, 0.2) is 5.60 Å². The molecule has 0 aromatic rings. The largest absolute Gasteiger partial charge is 0.481 e. The number of likely N-dealkylation sites (N-methyl/N-ethyl adjacent to an activating group) is 2. The van der Waals surface area contributed by atoms with Crippen LogP contribution in [0.15, 0.2) is 0 Å². The quantitative estimate of drug-likeness (QED) is 0.185. The topological polar surface area (TPSA) is 191 Å². The van der Waals surface area contributed by atoms with Crippen molar-refractivity contribution < 1.29 is 53.9 Å². The number of hydrogen-bond donors (Lipinski definition) is 4. The second kappa shape index (κ2) is 19.5. The first kappa shape index (κ1) is 34.4. The Morgan fingerprint density at radius 1 is 0.657 bits per heavy atom. The van der Waals surface area contributed by atoms with Crippen LogP contribution in [0.5, 0.6) is 0 Å². The molecule has 0 spiro atoms. The fraction of sp³-hybridized carbons (Fsp3) is 0.773. The third-order valence-electron chi connectivity index (χ3n) is 4.95. The summed E-state index contributed by atoms with van der Waals surface area (Å²) < 4.78 is 10.2. The number of hydrogen-bond acceptors (Lipinski definition) is 10. The van der Waals surface area contributed by atoms with Crippen molar-refractivity contribution in [2.24, 2.45) is 0 Å². The van der Waals surface area contributed by atoms with Crippen molar-refractivity contribution in [3.63, 3.8) is 0 Å². The van der Waals surface area contributed by atoms with E-state index >= 15 is 0 Å². The van der Waals surface area contributed by atoms with E-state index in [1.54, 1.807) is 0 Å². The normalized spacial score (nSPS) is 10.9. The summed E-state index contributed by atoms with van der Waals surface area (Å²) in [6.07, 6.45) is -2.12. The van der Waals surface area contributed by atoms with Gasteiger partial charge in [0.05, 0.1) is 25.7 Å². The zero-order chi connectivity index (χ0) is 27.4. The summed E-state index contributed by atoms with van der Waals surface area (Å²) in [5.74, 6) is -5.70. The summed E-state index contributed by atoms with van der Waals surface area (Å²) in [7, 11) is 0. The molecule has 0 heterocycles. The molecular formula is C22H40N2O11. The Kier molecular flexibility index (Phi) is 19.2. The van der Waals surface area contributed by atoms with Gasteiger partial charge in [-0.05, 0) is 26.2 Å². The molecule has 0 aliphatic carbocycles. The second-order valence-electron chi connectivity index (χ2n) is 7.47. The van der Waals surface area contributed by atoms with Crippen molar-refractivity contribution >= 4 is 29.8 Å². The number of nitrogens with zero attached hydrogens (tertiary/aromatic N) is 2. The van der Waals surface area contributed by atoms with Gasteiger partial charge >= 0.3 is 29.8 Å².